The van der Waals surface area contributed by atoms with E-state index in [1.807, 2.05) is 67.2 Å². The summed E-state index contributed by atoms with van der Waals surface area (Å²) in [5.74, 6) is 0.884. The Kier molecular flexibility index (Phi) is 5.31. The molecule has 0 saturated heterocycles. The molecule has 0 fully saturated rings. The number of ether oxygens (including phenoxy) is 1. The van der Waals surface area contributed by atoms with E-state index in [4.69, 9.17) is 16.3 Å². The Labute approximate surface area is 164 Å². The van der Waals surface area contributed by atoms with Gasteiger partial charge >= 0.3 is 0 Å². The van der Waals surface area contributed by atoms with Crippen molar-refractivity contribution in [1.82, 2.24) is 9.47 Å². The van der Waals surface area contributed by atoms with Crippen LogP contribution in [0.2, 0.25) is 5.02 Å². The Morgan fingerprint density at radius 2 is 1.59 bits per heavy atom. The molecule has 0 spiro atoms. The minimum atomic E-state index is 0.631. The summed E-state index contributed by atoms with van der Waals surface area (Å²) in [5.41, 5.74) is 2.36. The predicted octanol–water partition coefficient (Wildman–Crippen LogP) is 5.62. The molecule has 1 aromatic heterocycles. The fraction of sp³-hybridized carbons (Fsp3) is 0.130. The summed E-state index contributed by atoms with van der Waals surface area (Å²) in [7, 11) is 0. The van der Waals surface area contributed by atoms with Gasteiger partial charge in [-0.15, -0.1) is 0 Å². The van der Waals surface area contributed by atoms with Crippen molar-refractivity contribution in [2.24, 2.45) is 0 Å². The van der Waals surface area contributed by atoms with Gasteiger partial charge in [0.1, 0.15) is 12.4 Å². The Balaban J connectivity index is 1.36. The summed E-state index contributed by atoms with van der Waals surface area (Å²) in [6.45, 7) is 2.22. The summed E-state index contributed by atoms with van der Waals surface area (Å²) in [4.78, 5) is 2.11. The van der Waals surface area contributed by atoms with Crippen LogP contribution < -0.4 is 4.74 Å². The van der Waals surface area contributed by atoms with Crippen molar-refractivity contribution >= 4 is 22.5 Å². The smallest absolute Gasteiger partial charge is 0.119 e. The van der Waals surface area contributed by atoms with Crippen LogP contribution in [0.4, 0.5) is 0 Å². The monoisotopic (exact) mass is 376 g/mol. The molecule has 0 unspecified atom stereocenters. The summed E-state index contributed by atoms with van der Waals surface area (Å²) in [5, 5.41) is 1.88. The van der Waals surface area contributed by atoms with Gasteiger partial charge in [0.2, 0.25) is 0 Å². The second-order valence-corrected chi connectivity index (χ2v) is 6.83. The van der Waals surface area contributed by atoms with E-state index >= 15 is 0 Å². The second kappa shape index (κ2) is 8.19. The van der Waals surface area contributed by atoms with Gasteiger partial charge in [-0.1, -0.05) is 54.1 Å². The molecule has 0 radical (unpaired) electrons. The zero-order valence-corrected chi connectivity index (χ0v) is 15.7. The number of halogens is 1. The van der Waals surface area contributed by atoms with Crippen LogP contribution in [-0.4, -0.2) is 22.6 Å². The molecule has 1 aliphatic rings. The van der Waals surface area contributed by atoms with Crippen molar-refractivity contribution in [1.29, 1.82) is 0 Å². The molecule has 2 aromatic carbocycles. The molecule has 0 saturated carbocycles. The van der Waals surface area contributed by atoms with Crippen molar-refractivity contribution in [3.8, 4) is 5.75 Å². The lowest BCUT2D eigenvalue weighted by atomic mass is 10.2. The summed E-state index contributed by atoms with van der Waals surface area (Å²) in [6.07, 6.45) is 14.1. The molecule has 2 heterocycles. The van der Waals surface area contributed by atoms with Crippen molar-refractivity contribution in [3.63, 3.8) is 0 Å². The van der Waals surface area contributed by atoms with Gasteiger partial charge in [0, 0.05) is 36.0 Å². The van der Waals surface area contributed by atoms with Gasteiger partial charge in [0.05, 0.1) is 11.6 Å². The third-order valence-corrected chi connectivity index (χ3v) is 4.82. The Bertz CT molecular complexity index is 983. The molecule has 0 amide bonds. The van der Waals surface area contributed by atoms with Crippen LogP contribution in [-0.2, 0) is 6.54 Å². The number of aromatic nitrogens is 1. The Hall–Kier alpha value is -2.91. The lowest BCUT2D eigenvalue weighted by Gasteiger charge is -2.15. The molecule has 4 heteroatoms. The van der Waals surface area contributed by atoms with Gasteiger partial charge in [-0.25, -0.2) is 0 Å². The first-order chi connectivity index (χ1) is 13.3. The quantitative estimate of drug-likeness (QED) is 0.555. The van der Waals surface area contributed by atoms with E-state index in [-0.39, 0.29) is 0 Å². The third-order valence-electron chi connectivity index (χ3n) is 4.52. The van der Waals surface area contributed by atoms with E-state index in [9.17, 15) is 0 Å². The average molecular weight is 377 g/mol. The summed E-state index contributed by atoms with van der Waals surface area (Å²) >= 11 is 6.34. The molecule has 0 N–H and O–H groups in total. The van der Waals surface area contributed by atoms with E-state index in [0.29, 0.717) is 6.61 Å². The third kappa shape index (κ3) is 4.26. The highest BCUT2D eigenvalue weighted by Gasteiger charge is 2.06. The number of fused-ring (bicyclic) bond motifs is 1. The van der Waals surface area contributed by atoms with E-state index in [0.717, 1.165) is 34.8 Å². The second-order valence-electron chi connectivity index (χ2n) is 6.42. The van der Waals surface area contributed by atoms with E-state index in [1.54, 1.807) is 0 Å². The number of benzene rings is 2. The van der Waals surface area contributed by atoms with Gasteiger partial charge in [-0.05, 0) is 35.9 Å². The normalized spacial score (nSPS) is 13.3. The minimum Gasteiger partial charge on any atom is -0.492 e. The molecule has 4 rings (SSSR count). The molecular weight excluding hydrogens is 356 g/mol. The maximum Gasteiger partial charge on any atom is 0.119 e. The fourth-order valence-electron chi connectivity index (χ4n) is 3.14. The fourth-order valence-corrected chi connectivity index (χ4v) is 3.41. The molecule has 136 valence electrons. The molecule has 3 nitrogen and oxygen atoms in total. The van der Waals surface area contributed by atoms with Crippen LogP contribution in [0.5, 0.6) is 5.75 Å². The van der Waals surface area contributed by atoms with Crippen LogP contribution in [0.15, 0.2) is 91.4 Å². The van der Waals surface area contributed by atoms with Crippen molar-refractivity contribution in [2.45, 2.75) is 6.54 Å². The molecule has 0 atom stereocenters. The molecule has 27 heavy (non-hydrogen) atoms. The first kappa shape index (κ1) is 17.5. The minimum absolute atomic E-state index is 0.631. The van der Waals surface area contributed by atoms with Crippen molar-refractivity contribution < 1.29 is 4.74 Å². The first-order valence-electron chi connectivity index (χ1n) is 9.02. The number of para-hydroxylation sites is 1. The molecule has 1 aliphatic heterocycles. The number of hydrogen-bond acceptors (Lipinski definition) is 2. The first-order valence-corrected chi connectivity index (χ1v) is 9.40. The van der Waals surface area contributed by atoms with Gasteiger partial charge in [-0.2, -0.15) is 0 Å². The zero-order chi connectivity index (χ0) is 18.5. The van der Waals surface area contributed by atoms with Gasteiger partial charge in [0.25, 0.3) is 0 Å². The van der Waals surface area contributed by atoms with Crippen LogP contribution in [0, 0.1) is 0 Å². The predicted molar refractivity (Wildman–Crippen MR) is 112 cm³/mol. The number of allylic oxidation sites excluding steroid dienone is 4. The number of hydrogen-bond donors (Lipinski definition) is 0. The SMILES string of the molecule is Clc1cn(Cc2ccc(OCCN3C=CC=CC=C3)cc2)c2ccccc12. The lowest BCUT2D eigenvalue weighted by Crippen LogP contribution is -2.17. The maximum absolute atomic E-state index is 6.34. The van der Waals surface area contributed by atoms with Gasteiger partial charge < -0.3 is 14.2 Å². The average Bonchev–Trinajstić information content (AvgIpc) is 2.86. The highest BCUT2D eigenvalue weighted by molar-refractivity contribution is 6.35. The molecule has 3 aromatic rings. The lowest BCUT2D eigenvalue weighted by molar-refractivity contribution is 0.284. The summed E-state index contributed by atoms with van der Waals surface area (Å²) in [6, 6.07) is 16.5. The van der Waals surface area contributed by atoms with Crippen molar-refractivity contribution in [2.75, 3.05) is 13.2 Å². The maximum atomic E-state index is 6.34. The number of nitrogens with zero attached hydrogens (tertiary/aromatic N) is 2. The summed E-state index contributed by atoms with van der Waals surface area (Å²) < 4.78 is 8.05. The molecule has 0 aliphatic carbocycles. The molecular formula is C23H21ClN2O. The zero-order valence-electron chi connectivity index (χ0n) is 15.0. The highest BCUT2D eigenvalue weighted by atomic mass is 35.5. The van der Waals surface area contributed by atoms with Crippen molar-refractivity contribution in [3.05, 3.63) is 102 Å². The van der Waals surface area contributed by atoms with Crippen LogP contribution in [0.3, 0.4) is 0 Å². The van der Waals surface area contributed by atoms with Crippen LogP contribution in [0.25, 0.3) is 10.9 Å². The van der Waals surface area contributed by atoms with Crippen LogP contribution >= 0.6 is 11.6 Å². The van der Waals surface area contributed by atoms with Gasteiger partial charge in [-0.3, -0.25) is 0 Å². The highest BCUT2D eigenvalue weighted by Crippen LogP contribution is 2.26. The standard InChI is InChI=1S/C23H21ClN2O/c24-22-18-26(23-8-4-3-7-21(22)23)17-19-9-11-20(12-10-19)27-16-15-25-13-5-1-2-6-14-25/h1-14,18H,15-17H2. The number of rotatable bonds is 6. The van der Waals surface area contributed by atoms with Crippen LogP contribution in [0.1, 0.15) is 5.56 Å². The van der Waals surface area contributed by atoms with Gasteiger partial charge in [0.15, 0.2) is 0 Å². The van der Waals surface area contributed by atoms with E-state index in [2.05, 4.69) is 33.7 Å². The van der Waals surface area contributed by atoms with E-state index in [1.165, 1.54) is 5.56 Å². The Morgan fingerprint density at radius 1 is 0.852 bits per heavy atom. The Morgan fingerprint density at radius 3 is 2.37 bits per heavy atom. The largest absolute Gasteiger partial charge is 0.492 e. The molecule has 0 bridgehead atoms. The topological polar surface area (TPSA) is 17.4 Å². The van der Waals surface area contributed by atoms with E-state index < -0.39 is 0 Å².